The van der Waals surface area contributed by atoms with E-state index in [9.17, 15) is 14.4 Å². The minimum Gasteiger partial charge on any atom is -0.463 e. The molecule has 8 heteroatoms. The van der Waals surface area contributed by atoms with E-state index in [0.717, 1.165) is 0 Å². The Morgan fingerprint density at radius 2 is 1.50 bits per heavy atom. The van der Waals surface area contributed by atoms with Crippen molar-refractivity contribution < 1.29 is 38.1 Å². The van der Waals surface area contributed by atoms with Gasteiger partial charge in [-0.05, 0) is 13.8 Å². The molecule has 0 bridgehead atoms. The maximum absolute atomic E-state index is 11.3. The molecule has 0 aliphatic carbocycles. The predicted molar refractivity (Wildman–Crippen MR) is 72.6 cm³/mol. The van der Waals surface area contributed by atoms with Gasteiger partial charge in [-0.1, -0.05) is 0 Å². The summed E-state index contributed by atoms with van der Waals surface area (Å²) in [6.45, 7) is 7.15. The first-order valence-electron chi connectivity index (χ1n) is 6.99. The van der Waals surface area contributed by atoms with Crippen LogP contribution < -0.4 is 0 Å². The Morgan fingerprint density at radius 3 is 1.95 bits per heavy atom. The van der Waals surface area contributed by atoms with E-state index in [1.165, 1.54) is 20.8 Å². The largest absolute Gasteiger partial charge is 0.463 e. The van der Waals surface area contributed by atoms with E-state index in [0.29, 0.717) is 0 Å². The molecule has 1 heterocycles. The molecule has 0 aromatic heterocycles. The Labute approximate surface area is 129 Å². The quantitative estimate of drug-likeness (QED) is 0.518. The van der Waals surface area contributed by atoms with Gasteiger partial charge in [0.25, 0.3) is 0 Å². The van der Waals surface area contributed by atoms with Crippen molar-refractivity contribution in [3.8, 4) is 0 Å². The Kier molecular flexibility index (Phi) is 6.76. The fraction of sp³-hybridized carbons (Fsp3) is 0.786. The summed E-state index contributed by atoms with van der Waals surface area (Å²) in [6.07, 6.45) is -3.72. The molecule has 0 radical (unpaired) electrons. The lowest BCUT2D eigenvalue weighted by Crippen LogP contribution is -2.42. The first-order valence-corrected chi connectivity index (χ1v) is 6.99. The van der Waals surface area contributed by atoms with Crippen molar-refractivity contribution in [2.75, 3.05) is 6.61 Å². The molecule has 22 heavy (non-hydrogen) atoms. The molecule has 0 aromatic carbocycles. The summed E-state index contributed by atoms with van der Waals surface area (Å²) < 4.78 is 26.4. The van der Waals surface area contributed by atoms with Gasteiger partial charge in [-0.3, -0.25) is 14.4 Å². The number of carbonyl (C=O) groups excluding carboxylic acids is 3. The number of esters is 3. The maximum Gasteiger partial charge on any atom is 0.303 e. The molecule has 1 aliphatic heterocycles. The van der Waals surface area contributed by atoms with Crippen molar-refractivity contribution in [2.24, 2.45) is 0 Å². The maximum atomic E-state index is 11.3. The van der Waals surface area contributed by atoms with Crippen molar-refractivity contribution in [1.29, 1.82) is 0 Å². The Balaban J connectivity index is 2.92. The third kappa shape index (κ3) is 5.61. The van der Waals surface area contributed by atoms with Crippen LogP contribution in [0, 0.1) is 0 Å². The molecule has 0 aromatic rings. The molecule has 0 spiro atoms. The second kappa shape index (κ2) is 8.09. The SMILES string of the molecule is CC(=O)OC[C@H]1O[C@@H](OC(C)C)[C@H](OC(C)=O)[C@@H]1OC(C)=O. The lowest BCUT2D eigenvalue weighted by molar-refractivity contribution is -0.201. The first-order chi connectivity index (χ1) is 10.2. The third-order valence-electron chi connectivity index (χ3n) is 2.73. The Bertz CT molecular complexity index is 419. The van der Waals surface area contributed by atoms with Gasteiger partial charge in [0.15, 0.2) is 18.5 Å². The zero-order valence-corrected chi connectivity index (χ0v) is 13.4. The topological polar surface area (TPSA) is 97.4 Å². The van der Waals surface area contributed by atoms with E-state index < -0.39 is 42.5 Å². The molecule has 4 atom stereocenters. The summed E-state index contributed by atoms with van der Waals surface area (Å²) in [6, 6.07) is 0. The molecule has 0 amide bonds. The van der Waals surface area contributed by atoms with Crippen LogP contribution in [0.2, 0.25) is 0 Å². The molecule has 1 fully saturated rings. The fourth-order valence-electron chi connectivity index (χ4n) is 2.05. The highest BCUT2D eigenvalue weighted by Crippen LogP contribution is 2.29. The van der Waals surface area contributed by atoms with E-state index in [1.807, 2.05) is 0 Å². The van der Waals surface area contributed by atoms with Crippen molar-refractivity contribution in [3.63, 3.8) is 0 Å². The van der Waals surface area contributed by atoms with Crippen LogP contribution in [0.1, 0.15) is 34.6 Å². The van der Waals surface area contributed by atoms with Crippen LogP contribution in [0.3, 0.4) is 0 Å². The van der Waals surface area contributed by atoms with Crippen LogP contribution >= 0.6 is 0 Å². The second-order valence-corrected chi connectivity index (χ2v) is 5.18. The van der Waals surface area contributed by atoms with E-state index in [1.54, 1.807) is 13.8 Å². The smallest absolute Gasteiger partial charge is 0.303 e. The van der Waals surface area contributed by atoms with Crippen LogP contribution in [-0.4, -0.2) is 55.2 Å². The standard InChI is InChI=1S/C14H22O8/c1-7(2)19-14-13(21-10(5)17)12(20-9(4)16)11(22-14)6-18-8(3)15/h7,11-14H,6H2,1-5H3/t11-,12-,13-,14-/m1/s1. The van der Waals surface area contributed by atoms with Gasteiger partial charge < -0.3 is 23.7 Å². The summed E-state index contributed by atoms with van der Waals surface area (Å²) >= 11 is 0. The number of hydrogen-bond donors (Lipinski definition) is 0. The van der Waals surface area contributed by atoms with E-state index in [2.05, 4.69) is 0 Å². The zero-order valence-electron chi connectivity index (χ0n) is 13.4. The van der Waals surface area contributed by atoms with Gasteiger partial charge in [0.1, 0.15) is 12.7 Å². The molecule has 1 aliphatic rings. The van der Waals surface area contributed by atoms with Crippen LogP contribution in [0.4, 0.5) is 0 Å². The minimum absolute atomic E-state index is 0.136. The van der Waals surface area contributed by atoms with Crippen LogP contribution in [0.15, 0.2) is 0 Å². The van der Waals surface area contributed by atoms with Crippen molar-refractivity contribution in [3.05, 3.63) is 0 Å². The van der Waals surface area contributed by atoms with Gasteiger partial charge in [0, 0.05) is 20.8 Å². The normalized spacial score (nSPS) is 27.5. The van der Waals surface area contributed by atoms with E-state index in [4.69, 9.17) is 23.7 Å². The van der Waals surface area contributed by atoms with Crippen LogP contribution in [0.5, 0.6) is 0 Å². The lowest BCUT2D eigenvalue weighted by Gasteiger charge is -2.24. The summed E-state index contributed by atoms with van der Waals surface area (Å²) in [5, 5.41) is 0. The number of hydrogen-bond acceptors (Lipinski definition) is 8. The molecule has 8 nitrogen and oxygen atoms in total. The van der Waals surface area contributed by atoms with Crippen LogP contribution in [-0.2, 0) is 38.1 Å². The summed E-state index contributed by atoms with van der Waals surface area (Å²) in [7, 11) is 0. The highest BCUT2D eigenvalue weighted by atomic mass is 16.7. The predicted octanol–water partition coefficient (Wildman–Crippen LogP) is 0.563. The molecule has 0 saturated carbocycles. The molecule has 0 N–H and O–H groups in total. The number of ether oxygens (including phenoxy) is 5. The van der Waals surface area contributed by atoms with Crippen molar-refractivity contribution in [1.82, 2.24) is 0 Å². The summed E-state index contributed by atoms with van der Waals surface area (Å²) in [5.74, 6) is -1.62. The van der Waals surface area contributed by atoms with Crippen molar-refractivity contribution >= 4 is 17.9 Å². The Hall–Kier alpha value is -1.67. The molecule has 1 saturated heterocycles. The van der Waals surface area contributed by atoms with Gasteiger partial charge >= 0.3 is 17.9 Å². The highest BCUT2D eigenvalue weighted by molar-refractivity contribution is 5.67. The van der Waals surface area contributed by atoms with E-state index >= 15 is 0 Å². The number of rotatable bonds is 6. The lowest BCUT2D eigenvalue weighted by atomic mass is 10.1. The Morgan fingerprint density at radius 1 is 0.955 bits per heavy atom. The fourth-order valence-corrected chi connectivity index (χ4v) is 2.05. The van der Waals surface area contributed by atoms with Gasteiger partial charge in [0.05, 0.1) is 6.10 Å². The summed E-state index contributed by atoms with van der Waals surface area (Å²) in [4.78, 5) is 33.5. The van der Waals surface area contributed by atoms with Gasteiger partial charge in [-0.15, -0.1) is 0 Å². The van der Waals surface area contributed by atoms with Gasteiger partial charge in [-0.25, -0.2) is 0 Å². The molecular weight excluding hydrogens is 296 g/mol. The minimum atomic E-state index is -0.927. The monoisotopic (exact) mass is 318 g/mol. The van der Waals surface area contributed by atoms with Crippen molar-refractivity contribution in [2.45, 2.75) is 65.3 Å². The average Bonchev–Trinajstić information content (AvgIpc) is 2.63. The van der Waals surface area contributed by atoms with Gasteiger partial charge in [0.2, 0.25) is 0 Å². The van der Waals surface area contributed by atoms with E-state index in [-0.39, 0.29) is 12.7 Å². The average molecular weight is 318 g/mol. The van der Waals surface area contributed by atoms with Crippen LogP contribution in [0.25, 0.3) is 0 Å². The second-order valence-electron chi connectivity index (χ2n) is 5.18. The molecule has 1 rings (SSSR count). The molecule has 126 valence electrons. The molecule has 0 unspecified atom stereocenters. The highest BCUT2D eigenvalue weighted by Gasteiger charge is 2.50. The summed E-state index contributed by atoms with van der Waals surface area (Å²) in [5.41, 5.74) is 0. The van der Waals surface area contributed by atoms with Gasteiger partial charge in [-0.2, -0.15) is 0 Å². The third-order valence-corrected chi connectivity index (χ3v) is 2.73. The molecular formula is C14H22O8. The zero-order chi connectivity index (χ0) is 16.9. The number of carbonyl (C=O) groups is 3. The first kappa shape index (κ1) is 18.4.